The second-order valence-corrected chi connectivity index (χ2v) is 4.36. The minimum Gasteiger partial charge on any atom is -0.355 e. The van der Waals surface area contributed by atoms with Crippen LogP contribution in [0.15, 0.2) is 24.3 Å². The fraction of sp³-hybridized carbons (Fsp3) is 0.385. The molecule has 0 heterocycles. The van der Waals surface area contributed by atoms with Crippen molar-refractivity contribution in [3.63, 3.8) is 0 Å². The summed E-state index contributed by atoms with van der Waals surface area (Å²) in [5.74, 6) is -0.410. The first-order valence-corrected chi connectivity index (χ1v) is 6.23. The standard InChI is InChI=1S/C13H17ClN2O2/c1-3-15-13(18)9(2)16-12(17)8-10-6-4-5-7-11(10)14/h4-7,9H,3,8H2,1-2H3,(H,15,18)(H,16,17)/t9-/m1/s1. The van der Waals surface area contributed by atoms with Gasteiger partial charge in [0, 0.05) is 11.6 Å². The quantitative estimate of drug-likeness (QED) is 0.851. The van der Waals surface area contributed by atoms with Crippen molar-refractivity contribution in [1.29, 1.82) is 0 Å². The van der Waals surface area contributed by atoms with Gasteiger partial charge in [-0.2, -0.15) is 0 Å². The van der Waals surface area contributed by atoms with Gasteiger partial charge in [-0.1, -0.05) is 29.8 Å². The van der Waals surface area contributed by atoms with Crippen molar-refractivity contribution in [3.05, 3.63) is 34.9 Å². The number of nitrogens with one attached hydrogen (secondary N) is 2. The summed E-state index contributed by atoms with van der Waals surface area (Å²) in [5.41, 5.74) is 0.750. The average Bonchev–Trinajstić information content (AvgIpc) is 2.32. The molecule has 1 aromatic rings. The van der Waals surface area contributed by atoms with Crippen LogP contribution in [0.2, 0.25) is 5.02 Å². The Morgan fingerprint density at radius 2 is 2.00 bits per heavy atom. The molecular weight excluding hydrogens is 252 g/mol. The molecule has 0 spiro atoms. The number of hydrogen-bond acceptors (Lipinski definition) is 2. The summed E-state index contributed by atoms with van der Waals surface area (Å²) < 4.78 is 0. The summed E-state index contributed by atoms with van der Waals surface area (Å²) in [6, 6.07) is 6.61. The van der Waals surface area contributed by atoms with Crippen LogP contribution in [-0.4, -0.2) is 24.4 Å². The normalized spacial score (nSPS) is 11.7. The number of carbonyl (C=O) groups is 2. The number of likely N-dealkylation sites (N-methyl/N-ethyl adjacent to an activating group) is 1. The second kappa shape index (κ2) is 7.01. The molecule has 0 fully saturated rings. The molecule has 98 valence electrons. The van der Waals surface area contributed by atoms with E-state index in [1.807, 2.05) is 13.0 Å². The van der Waals surface area contributed by atoms with E-state index in [-0.39, 0.29) is 18.2 Å². The Morgan fingerprint density at radius 1 is 1.33 bits per heavy atom. The molecule has 2 N–H and O–H groups in total. The fourth-order valence-corrected chi connectivity index (χ4v) is 1.70. The minimum absolute atomic E-state index is 0.170. The highest BCUT2D eigenvalue weighted by atomic mass is 35.5. The van der Waals surface area contributed by atoms with Crippen LogP contribution in [0.5, 0.6) is 0 Å². The fourth-order valence-electron chi connectivity index (χ4n) is 1.50. The van der Waals surface area contributed by atoms with E-state index in [2.05, 4.69) is 10.6 Å². The molecule has 4 nitrogen and oxygen atoms in total. The smallest absolute Gasteiger partial charge is 0.242 e. The van der Waals surface area contributed by atoms with E-state index in [1.54, 1.807) is 25.1 Å². The molecule has 1 aromatic carbocycles. The molecule has 18 heavy (non-hydrogen) atoms. The van der Waals surface area contributed by atoms with E-state index < -0.39 is 6.04 Å². The van der Waals surface area contributed by atoms with Crippen LogP contribution >= 0.6 is 11.6 Å². The van der Waals surface area contributed by atoms with Gasteiger partial charge in [0.25, 0.3) is 0 Å². The topological polar surface area (TPSA) is 58.2 Å². The Hall–Kier alpha value is -1.55. The molecule has 1 rings (SSSR count). The molecule has 0 aliphatic rings. The summed E-state index contributed by atoms with van der Waals surface area (Å²) in [6.07, 6.45) is 0.170. The third-order valence-electron chi connectivity index (χ3n) is 2.43. The molecule has 1 atom stereocenters. The van der Waals surface area contributed by atoms with Crippen LogP contribution in [-0.2, 0) is 16.0 Å². The number of benzene rings is 1. The summed E-state index contributed by atoms with van der Waals surface area (Å²) in [5, 5.41) is 5.83. The van der Waals surface area contributed by atoms with Crippen molar-refractivity contribution in [2.75, 3.05) is 6.54 Å². The predicted octanol–water partition coefficient (Wildman–Crippen LogP) is 1.52. The van der Waals surface area contributed by atoms with Crippen molar-refractivity contribution in [3.8, 4) is 0 Å². The zero-order chi connectivity index (χ0) is 13.5. The number of hydrogen-bond donors (Lipinski definition) is 2. The summed E-state index contributed by atoms with van der Waals surface area (Å²) in [6.45, 7) is 4.02. The number of halogens is 1. The average molecular weight is 269 g/mol. The molecular formula is C13H17ClN2O2. The summed E-state index contributed by atoms with van der Waals surface area (Å²) in [4.78, 5) is 23.2. The molecule has 2 amide bonds. The van der Waals surface area contributed by atoms with Gasteiger partial charge >= 0.3 is 0 Å². The number of carbonyl (C=O) groups excluding carboxylic acids is 2. The molecule has 0 saturated carbocycles. The van der Waals surface area contributed by atoms with Gasteiger partial charge in [0.05, 0.1) is 6.42 Å². The van der Waals surface area contributed by atoms with Gasteiger partial charge in [0.1, 0.15) is 6.04 Å². The lowest BCUT2D eigenvalue weighted by atomic mass is 10.1. The van der Waals surface area contributed by atoms with Gasteiger partial charge in [-0.05, 0) is 25.5 Å². The molecule has 0 radical (unpaired) electrons. The Morgan fingerprint density at radius 3 is 2.61 bits per heavy atom. The highest BCUT2D eigenvalue weighted by molar-refractivity contribution is 6.31. The first kappa shape index (κ1) is 14.5. The summed E-state index contributed by atoms with van der Waals surface area (Å²) >= 11 is 5.96. The van der Waals surface area contributed by atoms with Crippen LogP contribution in [0.1, 0.15) is 19.4 Å². The number of amides is 2. The zero-order valence-electron chi connectivity index (χ0n) is 10.5. The third-order valence-corrected chi connectivity index (χ3v) is 2.80. The van der Waals surface area contributed by atoms with Crippen molar-refractivity contribution in [2.24, 2.45) is 0 Å². The van der Waals surface area contributed by atoms with Crippen LogP contribution in [0.4, 0.5) is 0 Å². The molecule has 0 aliphatic carbocycles. The van der Waals surface area contributed by atoms with Gasteiger partial charge in [0.15, 0.2) is 0 Å². The highest BCUT2D eigenvalue weighted by Gasteiger charge is 2.15. The van der Waals surface area contributed by atoms with Gasteiger partial charge in [-0.15, -0.1) is 0 Å². The van der Waals surface area contributed by atoms with Gasteiger partial charge in [-0.3, -0.25) is 9.59 Å². The maximum absolute atomic E-state index is 11.7. The maximum Gasteiger partial charge on any atom is 0.242 e. The van der Waals surface area contributed by atoms with Crippen molar-refractivity contribution in [2.45, 2.75) is 26.3 Å². The Bertz CT molecular complexity index is 435. The molecule has 0 unspecified atom stereocenters. The lowest BCUT2D eigenvalue weighted by molar-refractivity contribution is -0.128. The summed E-state index contributed by atoms with van der Waals surface area (Å²) in [7, 11) is 0. The van der Waals surface area contributed by atoms with Crippen molar-refractivity contribution >= 4 is 23.4 Å². The molecule has 0 aliphatic heterocycles. The van der Waals surface area contributed by atoms with Gasteiger partial charge in [-0.25, -0.2) is 0 Å². The Balaban J connectivity index is 2.52. The lowest BCUT2D eigenvalue weighted by Gasteiger charge is -2.13. The van der Waals surface area contributed by atoms with E-state index in [1.165, 1.54) is 0 Å². The third kappa shape index (κ3) is 4.37. The maximum atomic E-state index is 11.7. The second-order valence-electron chi connectivity index (χ2n) is 3.95. The largest absolute Gasteiger partial charge is 0.355 e. The highest BCUT2D eigenvalue weighted by Crippen LogP contribution is 2.15. The van der Waals surface area contributed by atoms with Gasteiger partial charge < -0.3 is 10.6 Å². The van der Waals surface area contributed by atoms with Crippen molar-refractivity contribution < 1.29 is 9.59 Å². The van der Waals surface area contributed by atoms with E-state index in [0.717, 1.165) is 5.56 Å². The van der Waals surface area contributed by atoms with E-state index in [4.69, 9.17) is 11.6 Å². The minimum atomic E-state index is -0.542. The van der Waals surface area contributed by atoms with Crippen LogP contribution < -0.4 is 10.6 Å². The Kier molecular flexibility index (Phi) is 5.65. The van der Waals surface area contributed by atoms with Crippen molar-refractivity contribution in [1.82, 2.24) is 10.6 Å². The first-order valence-electron chi connectivity index (χ1n) is 5.85. The van der Waals surface area contributed by atoms with E-state index in [0.29, 0.717) is 11.6 Å². The molecule has 0 aromatic heterocycles. The Labute approximate surface area is 112 Å². The molecule has 0 saturated heterocycles. The predicted molar refractivity (Wildman–Crippen MR) is 71.4 cm³/mol. The lowest BCUT2D eigenvalue weighted by Crippen LogP contribution is -2.45. The zero-order valence-corrected chi connectivity index (χ0v) is 11.3. The van der Waals surface area contributed by atoms with E-state index >= 15 is 0 Å². The van der Waals surface area contributed by atoms with Crippen LogP contribution in [0.3, 0.4) is 0 Å². The number of rotatable bonds is 5. The SMILES string of the molecule is CCNC(=O)[C@@H](C)NC(=O)Cc1ccccc1Cl. The monoisotopic (exact) mass is 268 g/mol. The van der Waals surface area contributed by atoms with Gasteiger partial charge in [0.2, 0.25) is 11.8 Å². The molecule has 0 bridgehead atoms. The van der Waals surface area contributed by atoms with Crippen LogP contribution in [0, 0.1) is 0 Å². The first-order chi connectivity index (χ1) is 8.54. The van der Waals surface area contributed by atoms with E-state index in [9.17, 15) is 9.59 Å². The molecule has 5 heteroatoms. The van der Waals surface area contributed by atoms with Crippen LogP contribution in [0.25, 0.3) is 0 Å².